The summed E-state index contributed by atoms with van der Waals surface area (Å²) < 4.78 is 27.7. The lowest BCUT2D eigenvalue weighted by atomic mass is 9.95. The maximum atomic E-state index is 13.3. The number of carbonyl (C=O) groups is 1. The molecular formula is C21H22Cl2N2O3S. The molecule has 1 amide bonds. The zero-order valence-electron chi connectivity index (χ0n) is 15.7. The van der Waals surface area contributed by atoms with E-state index in [0.29, 0.717) is 21.9 Å². The number of sulfonamides is 1. The van der Waals surface area contributed by atoms with Crippen molar-refractivity contribution >= 4 is 44.8 Å². The van der Waals surface area contributed by atoms with Crippen LogP contribution in [0.25, 0.3) is 0 Å². The van der Waals surface area contributed by atoms with Crippen LogP contribution in [0.4, 0.5) is 5.69 Å². The first-order valence-corrected chi connectivity index (χ1v) is 11.9. The highest BCUT2D eigenvalue weighted by Crippen LogP contribution is 2.44. The number of nitrogens with zero attached hydrogens (tertiary/aromatic N) is 1. The van der Waals surface area contributed by atoms with Crippen LogP contribution in [0.15, 0.2) is 53.4 Å². The van der Waals surface area contributed by atoms with Gasteiger partial charge >= 0.3 is 0 Å². The van der Waals surface area contributed by atoms with E-state index in [4.69, 9.17) is 23.2 Å². The largest absolute Gasteiger partial charge is 0.352 e. The Kier molecular flexibility index (Phi) is 5.78. The molecule has 2 aromatic rings. The molecular weight excluding hydrogens is 431 g/mol. The van der Waals surface area contributed by atoms with Gasteiger partial charge in [-0.2, -0.15) is 0 Å². The number of amides is 1. The van der Waals surface area contributed by atoms with Crippen LogP contribution in [0, 0.1) is 11.8 Å². The zero-order valence-corrected chi connectivity index (χ0v) is 18.1. The molecule has 0 aliphatic heterocycles. The predicted molar refractivity (Wildman–Crippen MR) is 115 cm³/mol. The summed E-state index contributed by atoms with van der Waals surface area (Å²) in [6.45, 7) is -0.332. The van der Waals surface area contributed by atoms with Crippen LogP contribution in [0.5, 0.6) is 0 Å². The number of benzene rings is 2. The number of nitrogens with one attached hydrogen (secondary N) is 1. The summed E-state index contributed by atoms with van der Waals surface area (Å²) in [5, 5.41) is 3.65. The number of rotatable bonds is 6. The molecule has 0 heterocycles. The highest BCUT2D eigenvalue weighted by atomic mass is 35.5. The second kappa shape index (κ2) is 8.17. The van der Waals surface area contributed by atoms with Crippen LogP contribution >= 0.6 is 23.2 Å². The van der Waals surface area contributed by atoms with Gasteiger partial charge in [0.25, 0.3) is 10.0 Å². The molecule has 0 unspecified atom stereocenters. The molecule has 1 N–H and O–H groups in total. The van der Waals surface area contributed by atoms with Crippen LogP contribution in [0.1, 0.15) is 25.7 Å². The Balaban J connectivity index is 1.62. The lowest BCUT2D eigenvalue weighted by Gasteiger charge is -2.27. The van der Waals surface area contributed by atoms with Crippen molar-refractivity contribution in [2.75, 3.05) is 10.8 Å². The maximum absolute atomic E-state index is 13.3. The van der Waals surface area contributed by atoms with Crippen molar-refractivity contribution in [2.24, 2.45) is 11.8 Å². The first kappa shape index (κ1) is 20.5. The van der Waals surface area contributed by atoms with Crippen molar-refractivity contribution in [1.29, 1.82) is 0 Å². The number of carbonyl (C=O) groups excluding carboxylic acids is 1. The van der Waals surface area contributed by atoms with E-state index in [-0.39, 0.29) is 29.1 Å². The Morgan fingerprint density at radius 2 is 1.72 bits per heavy atom. The summed E-state index contributed by atoms with van der Waals surface area (Å²) in [4.78, 5) is 12.9. The van der Waals surface area contributed by atoms with Crippen LogP contribution in [0.3, 0.4) is 0 Å². The third kappa shape index (κ3) is 4.39. The van der Waals surface area contributed by atoms with Crippen molar-refractivity contribution in [1.82, 2.24) is 5.32 Å². The standard InChI is InChI=1S/C21H22Cl2N2O3S/c22-16-10-17(23)12-18(11-16)25(29(27,28)19-4-2-1-3-5-19)13-21(26)24-20-9-14-6-7-15(20)8-14/h1-5,10-12,14-15,20H,6-9,13H2,(H,24,26)/t14-,15-,20-/m1/s1. The lowest BCUT2D eigenvalue weighted by Crippen LogP contribution is -2.46. The molecule has 4 rings (SSSR count). The quantitative estimate of drug-likeness (QED) is 0.701. The third-order valence-corrected chi connectivity index (χ3v) is 8.06. The van der Waals surface area contributed by atoms with E-state index < -0.39 is 10.0 Å². The molecule has 3 atom stereocenters. The Hall–Kier alpha value is -1.76. The van der Waals surface area contributed by atoms with Crippen LogP contribution in [0.2, 0.25) is 10.0 Å². The van der Waals surface area contributed by atoms with Gasteiger partial charge in [0.1, 0.15) is 6.54 Å². The summed E-state index contributed by atoms with van der Waals surface area (Å²) in [7, 11) is -3.97. The molecule has 29 heavy (non-hydrogen) atoms. The Labute approximate surface area is 181 Å². The van der Waals surface area contributed by atoms with E-state index in [2.05, 4.69) is 5.32 Å². The summed E-state index contributed by atoms with van der Waals surface area (Å²) in [5.41, 5.74) is 0.259. The molecule has 2 aromatic carbocycles. The van der Waals surface area contributed by atoms with E-state index in [1.165, 1.54) is 36.8 Å². The molecule has 2 fully saturated rings. The minimum absolute atomic E-state index is 0.101. The number of fused-ring (bicyclic) bond motifs is 2. The van der Waals surface area contributed by atoms with Crippen molar-refractivity contribution in [3.8, 4) is 0 Å². The Morgan fingerprint density at radius 1 is 1.03 bits per heavy atom. The predicted octanol–water partition coefficient (Wildman–Crippen LogP) is 4.49. The van der Waals surface area contributed by atoms with E-state index in [1.54, 1.807) is 18.2 Å². The number of hydrogen-bond donors (Lipinski definition) is 1. The summed E-state index contributed by atoms with van der Waals surface area (Å²) >= 11 is 12.2. The van der Waals surface area contributed by atoms with E-state index in [9.17, 15) is 13.2 Å². The van der Waals surface area contributed by atoms with Crippen molar-refractivity contribution in [2.45, 2.75) is 36.6 Å². The van der Waals surface area contributed by atoms with Crippen molar-refractivity contribution < 1.29 is 13.2 Å². The van der Waals surface area contributed by atoms with Gasteiger partial charge in [-0.3, -0.25) is 9.10 Å². The van der Waals surface area contributed by atoms with Gasteiger partial charge in [-0.1, -0.05) is 47.8 Å². The maximum Gasteiger partial charge on any atom is 0.264 e. The van der Waals surface area contributed by atoms with E-state index >= 15 is 0 Å². The van der Waals surface area contributed by atoms with Gasteiger partial charge in [0, 0.05) is 16.1 Å². The summed E-state index contributed by atoms with van der Waals surface area (Å²) in [6, 6.07) is 12.7. The third-order valence-electron chi connectivity index (χ3n) is 5.84. The number of hydrogen-bond acceptors (Lipinski definition) is 3. The van der Waals surface area contributed by atoms with Gasteiger partial charge < -0.3 is 5.32 Å². The monoisotopic (exact) mass is 452 g/mol. The van der Waals surface area contributed by atoms with Gasteiger partial charge in [0.05, 0.1) is 10.6 Å². The molecule has 2 aliphatic rings. The molecule has 0 spiro atoms. The average molecular weight is 453 g/mol. The molecule has 2 bridgehead atoms. The highest BCUT2D eigenvalue weighted by molar-refractivity contribution is 7.92. The minimum Gasteiger partial charge on any atom is -0.352 e. The fraction of sp³-hybridized carbons (Fsp3) is 0.381. The molecule has 8 heteroatoms. The molecule has 2 saturated carbocycles. The number of anilines is 1. The van der Waals surface area contributed by atoms with Crippen LogP contribution in [-0.4, -0.2) is 26.9 Å². The molecule has 0 saturated heterocycles. The molecule has 5 nitrogen and oxygen atoms in total. The van der Waals surface area contributed by atoms with Gasteiger partial charge in [0.2, 0.25) is 5.91 Å². The van der Waals surface area contributed by atoms with Gasteiger partial charge in [-0.05, 0) is 61.4 Å². The Morgan fingerprint density at radius 3 is 2.31 bits per heavy atom. The van der Waals surface area contributed by atoms with Crippen molar-refractivity contribution in [3.63, 3.8) is 0 Å². The zero-order chi connectivity index (χ0) is 20.6. The fourth-order valence-electron chi connectivity index (χ4n) is 4.52. The summed E-state index contributed by atoms with van der Waals surface area (Å²) in [6.07, 6.45) is 4.49. The van der Waals surface area contributed by atoms with Gasteiger partial charge in [0.15, 0.2) is 0 Å². The normalized spacial score (nSPS) is 23.2. The second-order valence-corrected chi connectivity index (χ2v) is 10.5. The Bertz CT molecular complexity index is 994. The fourth-order valence-corrected chi connectivity index (χ4v) is 6.46. The molecule has 0 aromatic heterocycles. The molecule has 2 aliphatic carbocycles. The topological polar surface area (TPSA) is 66.5 Å². The van der Waals surface area contributed by atoms with E-state index in [1.807, 2.05) is 0 Å². The van der Waals surface area contributed by atoms with Crippen LogP contribution in [-0.2, 0) is 14.8 Å². The average Bonchev–Trinajstić information content (AvgIpc) is 3.29. The highest BCUT2D eigenvalue weighted by Gasteiger charge is 2.40. The SMILES string of the molecule is O=C(CN(c1cc(Cl)cc(Cl)c1)S(=O)(=O)c1ccccc1)N[C@@H]1C[C@@H]2CC[C@@H]1C2. The molecule has 0 radical (unpaired) electrons. The van der Waals surface area contributed by atoms with Crippen LogP contribution < -0.4 is 9.62 Å². The smallest absolute Gasteiger partial charge is 0.264 e. The van der Waals surface area contributed by atoms with Gasteiger partial charge in [-0.25, -0.2) is 8.42 Å². The first-order valence-electron chi connectivity index (χ1n) is 9.66. The van der Waals surface area contributed by atoms with E-state index in [0.717, 1.165) is 23.6 Å². The van der Waals surface area contributed by atoms with Gasteiger partial charge in [-0.15, -0.1) is 0 Å². The summed E-state index contributed by atoms with van der Waals surface area (Å²) in [5.74, 6) is 0.864. The number of halogens is 2. The minimum atomic E-state index is -3.97. The van der Waals surface area contributed by atoms with Crippen molar-refractivity contribution in [3.05, 3.63) is 58.6 Å². The molecule has 154 valence electrons. The lowest BCUT2D eigenvalue weighted by molar-refractivity contribution is -0.120. The second-order valence-electron chi connectivity index (χ2n) is 7.80. The first-order chi connectivity index (χ1) is 13.8.